The lowest BCUT2D eigenvalue weighted by atomic mass is 9.87. The summed E-state index contributed by atoms with van der Waals surface area (Å²) in [5.74, 6) is 0. The average Bonchev–Trinajstić information content (AvgIpc) is 2.38. The van der Waals surface area contributed by atoms with E-state index in [1.54, 1.807) is 0 Å². The predicted molar refractivity (Wildman–Crippen MR) is 83.3 cm³/mol. The van der Waals surface area contributed by atoms with Crippen LogP contribution in [0.4, 0.5) is 0 Å². The molecule has 0 aliphatic heterocycles. The van der Waals surface area contributed by atoms with Crippen LogP contribution < -0.4 is 5.32 Å². The molecule has 0 bridgehead atoms. The van der Waals surface area contributed by atoms with Crippen molar-refractivity contribution in [3.05, 3.63) is 30.1 Å². The minimum absolute atomic E-state index is 0.433. The average molecular weight is 262 g/mol. The van der Waals surface area contributed by atoms with E-state index in [4.69, 9.17) is 0 Å². The van der Waals surface area contributed by atoms with Crippen LogP contribution in [-0.2, 0) is 6.42 Å². The summed E-state index contributed by atoms with van der Waals surface area (Å²) in [5, 5.41) is 3.70. The fourth-order valence-electron chi connectivity index (χ4n) is 2.19. The zero-order valence-corrected chi connectivity index (χ0v) is 13.1. The number of rotatable bonds is 8. The molecule has 1 atom stereocenters. The number of aryl methyl sites for hydroxylation is 1. The molecule has 0 amide bonds. The molecule has 0 fully saturated rings. The molecular weight excluding hydrogens is 232 g/mol. The Kier molecular flexibility index (Phi) is 7.07. The van der Waals surface area contributed by atoms with Crippen LogP contribution in [-0.4, -0.2) is 17.6 Å². The summed E-state index contributed by atoms with van der Waals surface area (Å²) in [4.78, 5) is 4.08. The summed E-state index contributed by atoms with van der Waals surface area (Å²) in [5.41, 5.74) is 1.83. The quantitative estimate of drug-likeness (QED) is 0.759. The number of aromatic nitrogens is 1. The molecular formula is C17H30N2. The van der Waals surface area contributed by atoms with Gasteiger partial charge in [-0.15, -0.1) is 0 Å². The maximum atomic E-state index is 4.08. The van der Waals surface area contributed by atoms with Gasteiger partial charge in [0.2, 0.25) is 0 Å². The van der Waals surface area contributed by atoms with Gasteiger partial charge in [-0.05, 0) is 61.8 Å². The topological polar surface area (TPSA) is 24.9 Å². The largest absolute Gasteiger partial charge is 0.314 e. The van der Waals surface area contributed by atoms with Crippen LogP contribution in [0.2, 0.25) is 0 Å². The van der Waals surface area contributed by atoms with E-state index in [1.807, 2.05) is 12.4 Å². The molecule has 108 valence electrons. The number of hydrogen-bond acceptors (Lipinski definition) is 2. The monoisotopic (exact) mass is 262 g/mol. The molecule has 1 unspecified atom stereocenters. The summed E-state index contributed by atoms with van der Waals surface area (Å²) in [6.45, 7) is 10.3. The predicted octanol–water partition coefficient (Wildman–Crippen LogP) is 4.21. The third-order valence-corrected chi connectivity index (χ3v) is 3.46. The Bertz CT molecular complexity index is 327. The first kappa shape index (κ1) is 16.2. The first-order valence-electron chi connectivity index (χ1n) is 7.63. The molecule has 0 aromatic carbocycles. The molecule has 0 saturated heterocycles. The first-order chi connectivity index (χ1) is 9.01. The third kappa shape index (κ3) is 7.99. The van der Waals surface area contributed by atoms with Crippen molar-refractivity contribution in [2.24, 2.45) is 5.41 Å². The van der Waals surface area contributed by atoms with Gasteiger partial charge in [0.1, 0.15) is 0 Å². The first-order valence-corrected chi connectivity index (χ1v) is 7.63. The maximum Gasteiger partial charge on any atom is 0.0270 e. The Morgan fingerprint density at radius 3 is 2.42 bits per heavy atom. The van der Waals surface area contributed by atoms with Gasteiger partial charge < -0.3 is 5.32 Å². The van der Waals surface area contributed by atoms with E-state index >= 15 is 0 Å². The Morgan fingerprint density at radius 1 is 1.16 bits per heavy atom. The minimum atomic E-state index is 0.433. The second-order valence-electron chi connectivity index (χ2n) is 6.64. The Balaban J connectivity index is 2.40. The summed E-state index contributed by atoms with van der Waals surface area (Å²) in [7, 11) is 0. The lowest BCUT2D eigenvalue weighted by Gasteiger charge is -2.24. The molecule has 19 heavy (non-hydrogen) atoms. The van der Waals surface area contributed by atoms with Crippen LogP contribution in [0.15, 0.2) is 24.5 Å². The molecule has 2 nitrogen and oxygen atoms in total. The minimum Gasteiger partial charge on any atom is -0.314 e. The van der Waals surface area contributed by atoms with Crippen molar-refractivity contribution in [1.82, 2.24) is 10.3 Å². The van der Waals surface area contributed by atoms with Crippen molar-refractivity contribution in [3.63, 3.8) is 0 Å². The van der Waals surface area contributed by atoms with Crippen molar-refractivity contribution >= 4 is 0 Å². The third-order valence-electron chi connectivity index (χ3n) is 3.46. The van der Waals surface area contributed by atoms with E-state index in [2.05, 4.69) is 50.1 Å². The van der Waals surface area contributed by atoms with Gasteiger partial charge >= 0.3 is 0 Å². The van der Waals surface area contributed by atoms with Crippen LogP contribution >= 0.6 is 0 Å². The fourth-order valence-corrected chi connectivity index (χ4v) is 2.19. The molecule has 2 heteroatoms. The number of hydrogen-bond donors (Lipinski definition) is 1. The molecule has 0 saturated carbocycles. The van der Waals surface area contributed by atoms with Gasteiger partial charge in [0.05, 0.1) is 0 Å². The molecule has 1 rings (SSSR count). The highest BCUT2D eigenvalue weighted by Gasteiger charge is 2.14. The van der Waals surface area contributed by atoms with Crippen molar-refractivity contribution in [1.29, 1.82) is 0 Å². The second kappa shape index (κ2) is 8.31. The lowest BCUT2D eigenvalue weighted by Crippen LogP contribution is -2.31. The lowest BCUT2D eigenvalue weighted by molar-refractivity contribution is 0.322. The van der Waals surface area contributed by atoms with E-state index < -0.39 is 0 Å². The number of nitrogens with one attached hydrogen (secondary N) is 1. The standard InChI is InChI=1S/C17H30N2/c1-5-12-19-16(8-11-17(2,3)4)7-6-15-9-13-18-14-10-15/h9-10,13-14,16,19H,5-8,11-12H2,1-4H3. The highest BCUT2D eigenvalue weighted by atomic mass is 14.9. The van der Waals surface area contributed by atoms with Crippen LogP contribution in [0.1, 0.15) is 58.9 Å². The van der Waals surface area contributed by atoms with Crippen LogP contribution in [0.5, 0.6) is 0 Å². The number of nitrogens with zero attached hydrogens (tertiary/aromatic N) is 1. The molecule has 0 aliphatic carbocycles. The normalized spacial score (nSPS) is 13.5. The van der Waals surface area contributed by atoms with Gasteiger partial charge in [-0.3, -0.25) is 4.98 Å². The zero-order chi connectivity index (χ0) is 14.1. The van der Waals surface area contributed by atoms with Crippen LogP contribution in [0.3, 0.4) is 0 Å². The van der Waals surface area contributed by atoms with Crippen LogP contribution in [0.25, 0.3) is 0 Å². The molecule has 1 aromatic rings. The maximum absolute atomic E-state index is 4.08. The van der Waals surface area contributed by atoms with Gasteiger partial charge in [0.15, 0.2) is 0 Å². The highest BCUT2D eigenvalue weighted by molar-refractivity contribution is 5.09. The SMILES string of the molecule is CCCNC(CCc1ccncc1)CCC(C)(C)C. The zero-order valence-electron chi connectivity index (χ0n) is 13.1. The molecule has 1 heterocycles. The second-order valence-corrected chi connectivity index (χ2v) is 6.64. The van der Waals surface area contributed by atoms with Gasteiger partial charge in [-0.1, -0.05) is 27.7 Å². The number of pyridine rings is 1. The van der Waals surface area contributed by atoms with Gasteiger partial charge in [0.25, 0.3) is 0 Å². The Morgan fingerprint density at radius 2 is 1.84 bits per heavy atom. The summed E-state index contributed by atoms with van der Waals surface area (Å²) >= 11 is 0. The summed E-state index contributed by atoms with van der Waals surface area (Å²) < 4.78 is 0. The molecule has 1 aromatic heterocycles. The molecule has 0 radical (unpaired) electrons. The molecule has 0 spiro atoms. The summed E-state index contributed by atoms with van der Waals surface area (Å²) in [6, 6.07) is 4.90. The van der Waals surface area contributed by atoms with Crippen LogP contribution in [0, 0.1) is 5.41 Å². The Hall–Kier alpha value is -0.890. The van der Waals surface area contributed by atoms with Crippen molar-refractivity contribution in [2.75, 3.05) is 6.54 Å². The van der Waals surface area contributed by atoms with Crippen molar-refractivity contribution < 1.29 is 0 Å². The van der Waals surface area contributed by atoms with E-state index in [0.717, 1.165) is 13.0 Å². The van der Waals surface area contributed by atoms with Crippen molar-refractivity contribution in [3.8, 4) is 0 Å². The Labute approximate surface area is 119 Å². The van der Waals surface area contributed by atoms with Gasteiger partial charge in [-0.2, -0.15) is 0 Å². The van der Waals surface area contributed by atoms with E-state index in [0.29, 0.717) is 11.5 Å². The van der Waals surface area contributed by atoms with E-state index in [-0.39, 0.29) is 0 Å². The van der Waals surface area contributed by atoms with Gasteiger partial charge in [0, 0.05) is 18.4 Å². The van der Waals surface area contributed by atoms with E-state index in [9.17, 15) is 0 Å². The van der Waals surface area contributed by atoms with Gasteiger partial charge in [-0.25, -0.2) is 0 Å². The highest BCUT2D eigenvalue weighted by Crippen LogP contribution is 2.22. The van der Waals surface area contributed by atoms with E-state index in [1.165, 1.54) is 31.2 Å². The summed E-state index contributed by atoms with van der Waals surface area (Å²) in [6.07, 6.45) is 9.91. The fraction of sp³-hybridized carbons (Fsp3) is 0.706. The molecule has 0 aliphatic rings. The smallest absolute Gasteiger partial charge is 0.0270 e. The van der Waals surface area contributed by atoms with Crippen molar-refractivity contribution in [2.45, 2.75) is 65.8 Å². The molecule has 1 N–H and O–H groups in total.